The zero-order chi connectivity index (χ0) is 19.6. The quantitative estimate of drug-likeness (QED) is 0.641. The molecule has 0 saturated heterocycles. The molecule has 2 rings (SSSR count). The summed E-state index contributed by atoms with van der Waals surface area (Å²) in [5.41, 5.74) is 2.76. The summed E-state index contributed by atoms with van der Waals surface area (Å²) in [5.74, 6) is 0.0251. The molecule has 2 N–H and O–H groups in total. The summed E-state index contributed by atoms with van der Waals surface area (Å²) in [6.07, 6.45) is 5.48. The van der Waals surface area contributed by atoms with Gasteiger partial charge in [0.05, 0.1) is 0 Å². The van der Waals surface area contributed by atoms with Gasteiger partial charge in [-0.25, -0.2) is 4.79 Å². The number of benzene rings is 1. The minimum absolute atomic E-state index is 0.0459. The second-order valence-electron chi connectivity index (χ2n) is 6.61. The fourth-order valence-corrected chi connectivity index (χ4v) is 2.81. The molecule has 0 spiro atoms. The number of amides is 3. The Bertz CT molecular complexity index is 723. The lowest BCUT2D eigenvalue weighted by atomic mass is 10.1. The van der Waals surface area contributed by atoms with Crippen LogP contribution in [0.25, 0.3) is 0 Å². The Morgan fingerprint density at radius 1 is 1.07 bits per heavy atom. The van der Waals surface area contributed by atoms with Gasteiger partial charge in [0.1, 0.15) is 12.8 Å². The zero-order valence-corrected chi connectivity index (χ0v) is 16.2. The summed E-state index contributed by atoms with van der Waals surface area (Å²) < 4.78 is 4.71. The van der Waals surface area contributed by atoms with Gasteiger partial charge in [0.25, 0.3) is 0 Å². The molecule has 0 radical (unpaired) electrons. The Labute approximate surface area is 160 Å². The number of nitrogens with zero attached hydrogens (tertiary/aromatic N) is 2. The van der Waals surface area contributed by atoms with E-state index in [1.54, 1.807) is 6.07 Å². The van der Waals surface area contributed by atoms with Gasteiger partial charge < -0.3 is 20.1 Å². The summed E-state index contributed by atoms with van der Waals surface area (Å²) in [5, 5.41) is 9.25. The smallest absolute Gasteiger partial charge is 0.322 e. The highest BCUT2D eigenvalue weighted by Crippen LogP contribution is 2.20. The first-order chi connectivity index (χ1) is 13.0. The first kappa shape index (κ1) is 20.5. The third-order valence-corrected chi connectivity index (χ3v) is 4.32. The number of unbranched alkanes of at least 4 members (excludes halogenated alkanes) is 3. The van der Waals surface area contributed by atoms with Crippen molar-refractivity contribution in [3.63, 3.8) is 0 Å². The maximum absolute atomic E-state index is 12.8. The van der Waals surface area contributed by atoms with Gasteiger partial charge in [-0.2, -0.15) is 0 Å². The van der Waals surface area contributed by atoms with E-state index in [1.807, 2.05) is 32.0 Å². The highest BCUT2D eigenvalue weighted by atomic mass is 16.5. The Balaban J connectivity index is 2.03. The maximum Gasteiger partial charge on any atom is 0.322 e. The normalized spacial score (nSPS) is 10.5. The number of nitrogens with one attached hydrogen (secondary N) is 2. The minimum Gasteiger partial charge on any atom is -0.363 e. The van der Waals surface area contributed by atoms with Gasteiger partial charge in [0.2, 0.25) is 5.91 Å². The lowest BCUT2D eigenvalue weighted by Gasteiger charge is -2.23. The molecule has 146 valence electrons. The molecular weight excluding hydrogens is 344 g/mol. The van der Waals surface area contributed by atoms with Gasteiger partial charge >= 0.3 is 6.03 Å². The van der Waals surface area contributed by atoms with E-state index in [4.69, 9.17) is 4.52 Å². The number of aryl methyl sites for hydroxylation is 2. The average molecular weight is 372 g/mol. The number of hydrogen-bond acceptors (Lipinski definition) is 4. The van der Waals surface area contributed by atoms with E-state index in [-0.39, 0.29) is 18.5 Å². The first-order valence-electron chi connectivity index (χ1n) is 9.33. The number of anilines is 2. The molecule has 7 nitrogen and oxygen atoms in total. The fourth-order valence-electron chi connectivity index (χ4n) is 2.81. The molecule has 3 amide bonds. The molecule has 0 aliphatic rings. The predicted molar refractivity (Wildman–Crippen MR) is 106 cm³/mol. The highest BCUT2D eigenvalue weighted by Gasteiger charge is 2.19. The lowest BCUT2D eigenvalue weighted by Crippen LogP contribution is -2.41. The van der Waals surface area contributed by atoms with Crippen molar-refractivity contribution < 1.29 is 14.1 Å². The highest BCUT2D eigenvalue weighted by molar-refractivity contribution is 5.97. The van der Waals surface area contributed by atoms with Crippen LogP contribution in [0.5, 0.6) is 0 Å². The number of carbonyl (C=O) groups is 2. The Kier molecular flexibility index (Phi) is 7.85. The number of urea groups is 1. The van der Waals surface area contributed by atoms with Crippen molar-refractivity contribution in [2.45, 2.75) is 46.5 Å². The van der Waals surface area contributed by atoms with Gasteiger partial charge in [-0.05, 0) is 31.4 Å². The van der Waals surface area contributed by atoms with Crippen molar-refractivity contribution in [3.05, 3.63) is 41.7 Å². The van der Waals surface area contributed by atoms with Crippen LogP contribution in [0.3, 0.4) is 0 Å². The van der Waals surface area contributed by atoms with Crippen LogP contribution in [-0.4, -0.2) is 35.1 Å². The van der Waals surface area contributed by atoms with E-state index in [0.717, 1.165) is 42.5 Å². The van der Waals surface area contributed by atoms with E-state index >= 15 is 0 Å². The van der Waals surface area contributed by atoms with Crippen LogP contribution in [-0.2, 0) is 4.79 Å². The Hall–Kier alpha value is -2.83. The van der Waals surface area contributed by atoms with Gasteiger partial charge in [0, 0.05) is 18.3 Å². The zero-order valence-electron chi connectivity index (χ0n) is 16.2. The van der Waals surface area contributed by atoms with Crippen LogP contribution in [0.1, 0.15) is 43.7 Å². The van der Waals surface area contributed by atoms with Crippen molar-refractivity contribution in [2.75, 3.05) is 23.7 Å². The Morgan fingerprint density at radius 3 is 2.44 bits per heavy atom. The molecule has 27 heavy (non-hydrogen) atoms. The standard InChI is InChI=1S/C20H28N4O3/c1-4-5-6-7-12-24(14-18(25)21-17-11-13-27-23-17)20(26)22-19-15(2)9-8-10-16(19)3/h8-11,13H,4-7,12,14H2,1-3H3,(H,22,26)(H,21,23,25). The number of para-hydroxylation sites is 1. The molecule has 7 heteroatoms. The monoisotopic (exact) mass is 372 g/mol. The van der Waals surface area contributed by atoms with Gasteiger partial charge in [-0.1, -0.05) is 49.5 Å². The van der Waals surface area contributed by atoms with Crippen molar-refractivity contribution in [2.24, 2.45) is 0 Å². The second-order valence-corrected chi connectivity index (χ2v) is 6.61. The molecule has 0 atom stereocenters. The molecule has 1 aromatic carbocycles. The molecule has 0 bridgehead atoms. The van der Waals surface area contributed by atoms with Crippen LogP contribution >= 0.6 is 0 Å². The summed E-state index contributed by atoms with van der Waals surface area (Å²) in [7, 11) is 0. The molecule has 0 aliphatic heterocycles. The van der Waals surface area contributed by atoms with Gasteiger partial charge in [0.15, 0.2) is 5.82 Å². The third-order valence-electron chi connectivity index (χ3n) is 4.32. The molecule has 0 saturated carbocycles. The third kappa shape index (κ3) is 6.44. The van der Waals surface area contributed by atoms with Crippen molar-refractivity contribution in [1.82, 2.24) is 10.1 Å². The summed E-state index contributed by atoms with van der Waals surface area (Å²) in [4.78, 5) is 26.6. The van der Waals surface area contributed by atoms with Gasteiger partial charge in [-0.15, -0.1) is 0 Å². The maximum atomic E-state index is 12.8. The average Bonchev–Trinajstić information content (AvgIpc) is 3.13. The van der Waals surface area contributed by atoms with Crippen molar-refractivity contribution >= 4 is 23.4 Å². The van der Waals surface area contributed by atoms with Crippen LogP contribution in [0.2, 0.25) is 0 Å². The SMILES string of the molecule is CCCCCCN(CC(=O)Nc1ccon1)C(=O)Nc1c(C)cccc1C. The van der Waals surface area contributed by atoms with E-state index in [1.165, 1.54) is 11.2 Å². The van der Waals surface area contributed by atoms with Crippen LogP contribution in [0.4, 0.5) is 16.3 Å². The number of carbonyl (C=O) groups excluding carboxylic acids is 2. The van der Waals surface area contributed by atoms with E-state index < -0.39 is 0 Å². The lowest BCUT2D eigenvalue weighted by molar-refractivity contribution is -0.116. The van der Waals surface area contributed by atoms with Crippen molar-refractivity contribution in [1.29, 1.82) is 0 Å². The molecule has 1 aromatic heterocycles. The number of rotatable bonds is 9. The number of hydrogen-bond donors (Lipinski definition) is 2. The fraction of sp³-hybridized carbons (Fsp3) is 0.450. The number of aromatic nitrogens is 1. The second kappa shape index (κ2) is 10.4. The van der Waals surface area contributed by atoms with E-state index in [0.29, 0.717) is 12.4 Å². The molecular formula is C20H28N4O3. The summed E-state index contributed by atoms with van der Waals surface area (Å²) >= 11 is 0. The van der Waals surface area contributed by atoms with Gasteiger partial charge in [-0.3, -0.25) is 4.79 Å². The molecule has 0 fully saturated rings. The Morgan fingerprint density at radius 2 is 1.81 bits per heavy atom. The first-order valence-corrected chi connectivity index (χ1v) is 9.33. The minimum atomic E-state index is -0.309. The topological polar surface area (TPSA) is 87.5 Å². The molecule has 0 unspecified atom stereocenters. The van der Waals surface area contributed by atoms with Crippen molar-refractivity contribution in [3.8, 4) is 0 Å². The largest absolute Gasteiger partial charge is 0.363 e. The summed E-state index contributed by atoms with van der Waals surface area (Å²) in [6, 6.07) is 7.13. The van der Waals surface area contributed by atoms with Crippen LogP contribution in [0.15, 0.2) is 35.1 Å². The summed E-state index contributed by atoms with van der Waals surface area (Å²) in [6.45, 7) is 6.51. The predicted octanol–water partition coefficient (Wildman–Crippen LogP) is 4.34. The molecule has 2 aromatic rings. The molecule has 1 heterocycles. The van der Waals surface area contributed by atoms with E-state index in [9.17, 15) is 9.59 Å². The van der Waals surface area contributed by atoms with Crippen LogP contribution < -0.4 is 10.6 Å². The molecule has 0 aliphatic carbocycles. The van der Waals surface area contributed by atoms with E-state index in [2.05, 4.69) is 22.7 Å². The van der Waals surface area contributed by atoms with Crippen LogP contribution in [0, 0.1) is 13.8 Å².